The topological polar surface area (TPSA) is 87.0 Å². The van der Waals surface area contributed by atoms with Crippen LogP contribution in [-0.2, 0) is 0 Å². The van der Waals surface area contributed by atoms with Gasteiger partial charge in [0.1, 0.15) is 49.6 Å². The van der Waals surface area contributed by atoms with Crippen LogP contribution in [0.1, 0.15) is 0 Å². The van der Waals surface area contributed by atoms with Crippen molar-refractivity contribution in [2.24, 2.45) is 0 Å². The molecular weight excluding hydrogens is 432 g/mol. The summed E-state index contributed by atoms with van der Waals surface area (Å²) >= 11 is 0. The quantitative estimate of drug-likeness (QED) is 0.434. The van der Waals surface area contributed by atoms with Gasteiger partial charge in [-0.2, -0.15) is 0 Å². The zero-order chi connectivity index (χ0) is 23.0. The number of nitrogen functional groups attached to an aromatic ring is 1. The van der Waals surface area contributed by atoms with Crippen molar-refractivity contribution in [3.8, 4) is 23.0 Å². The lowest BCUT2D eigenvalue weighted by molar-refractivity contribution is 0.217. The Morgan fingerprint density at radius 1 is 0.576 bits per heavy atom. The SMILES string of the molecule is Nc1ccc2c(c1)OCCNc1ccc(F)cc1OCCOc1cc(F)ccc1NCCO2. The zero-order valence-corrected chi connectivity index (χ0v) is 17.9. The predicted molar refractivity (Wildman–Crippen MR) is 123 cm³/mol. The molecule has 9 heteroatoms. The molecule has 3 aromatic carbocycles. The molecule has 7 nitrogen and oxygen atoms in total. The van der Waals surface area contributed by atoms with Gasteiger partial charge in [-0.15, -0.1) is 0 Å². The second-order valence-corrected chi connectivity index (χ2v) is 7.23. The largest absolute Gasteiger partial charge is 0.488 e. The number of nitrogens with two attached hydrogens (primary N) is 1. The highest BCUT2D eigenvalue weighted by Gasteiger charge is 2.11. The molecule has 174 valence electrons. The molecule has 0 aliphatic carbocycles. The number of rotatable bonds is 0. The Kier molecular flexibility index (Phi) is 7.19. The van der Waals surface area contributed by atoms with Gasteiger partial charge >= 0.3 is 0 Å². The minimum atomic E-state index is -0.423. The number of ether oxygens (including phenoxy) is 4. The highest BCUT2D eigenvalue weighted by molar-refractivity contribution is 5.57. The molecule has 33 heavy (non-hydrogen) atoms. The van der Waals surface area contributed by atoms with E-state index in [2.05, 4.69) is 10.6 Å². The van der Waals surface area contributed by atoms with Crippen LogP contribution in [0.15, 0.2) is 54.6 Å². The maximum atomic E-state index is 13.8. The highest BCUT2D eigenvalue weighted by atomic mass is 19.1. The number of anilines is 3. The highest BCUT2D eigenvalue weighted by Crippen LogP contribution is 2.30. The van der Waals surface area contributed by atoms with Crippen molar-refractivity contribution in [1.82, 2.24) is 0 Å². The van der Waals surface area contributed by atoms with Crippen molar-refractivity contribution in [2.45, 2.75) is 0 Å². The fraction of sp³-hybridized carbons (Fsp3) is 0.250. The first-order valence-electron chi connectivity index (χ1n) is 10.6. The minimum absolute atomic E-state index is 0.139. The Bertz CT molecular complexity index is 1100. The average Bonchev–Trinajstić information content (AvgIpc) is 2.80. The second kappa shape index (κ2) is 10.6. The molecule has 0 spiro atoms. The molecular formula is C24H25F2N3O4. The van der Waals surface area contributed by atoms with Crippen molar-refractivity contribution in [1.29, 1.82) is 0 Å². The molecule has 0 radical (unpaired) electrons. The van der Waals surface area contributed by atoms with Gasteiger partial charge in [0.25, 0.3) is 0 Å². The maximum Gasteiger partial charge on any atom is 0.163 e. The van der Waals surface area contributed by atoms with E-state index in [1.807, 2.05) is 0 Å². The van der Waals surface area contributed by atoms with Crippen LogP contribution in [0.2, 0.25) is 0 Å². The summed E-state index contributed by atoms with van der Waals surface area (Å²) < 4.78 is 50.7. The summed E-state index contributed by atoms with van der Waals surface area (Å²) in [5, 5.41) is 6.35. The Morgan fingerprint density at radius 3 is 1.67 bits per heavy atom. The zero-order valence-electron chi connectivity index (χ0n) is 17.9. The fourth-order valence-electron chi connectivity index (χ4n) is 3.28. The molecule has 0 bridgehead atoms. The van der Waals surface area contributed by atoms with Gasteiger partial charge in [-0.3, -0.25) is 0 Å². The molecule has 1 aliphatic rings. The Labute approximate surface area is 190 Å². The number of hydrogen-bond acceptors (Lipinski definition) is 7. The molecule has 0 saturated heterocycles. The third kappa shape index (κ3) is 6.09. The summed E-state index contributed by atoms with van der Waals surface area (Å²) in [6.07, 6.45) is 0. The molecule has 4 N–H and O–H groups in total. The van der Waals surface area contributed by atoms with E-state index in [0.717, 1.165) is 0 Å². The molecule has 0 fully saturated rings. The van der Waals surface area contributed by atoms with Crippen LogP contribution in [0.25, 0.3) is 0 Å². The van der Waals surface area contributed by atoms with E-state index in [1.54, 1.807) is 30.3 Å². The number of halogens is 2. The summed E-state index contributed by atoms with van der Waals surface area (Å²) in [4.78, 5) is 0. The first-order valence-corrected chi connectivity index (χ1v) is 10.6. The van der Waals surface area contributed by atoms with Crippen molar-refractivity contribution >= 4 is 17.1 Å². The molecule has 0 aromatic heterocycles. The lowest BCUT2D eigenvalue weighted by atomic mass is 10.2. The van der Waals surface area contributed by atoms with Gasteiger partial charge in [0.15, 0.2) is 11.5 Å². The molecule has 1 aliphatic heterocycles. The van der Waals surface area contributed by atoms with Crippen LogP contribution in [-0.4, -0.2) is 39.5 Å². The van der Waals surface area contributed by atoms with E-state index < -0.39 is 11.6 Å². The van der Waals surface area contributed by atoms with Gasteiger partial charge in [0.2, 0.25) is 0 Å². The normalized spacial score (nSPS) is 14.6. The second-order valence-electron chi connectivity index (χ2n) is 7.23. The molecule has 1 heterocycles. The van der Waals surface area contributed by atoms with Gasteiger partial charge in [0.05, 0.1) is 11.4 Å². The van der Waals surface area contributed by atoms with Gasteiger partial charge in [-0.05, 0) is 36.4 Å². The van der Waals surface area contributed by atoms with Crippen molar-refractivity contribution in [2.75, 3.05) is 55.9 Å². The van der Waals surface area contributed by atoms with Crippen molar-refractivity contribution < 1.29 is 27.7 Å². The van der Waals surface area contributed by atoms with Crippen LogP contribution < -0.4 is 35.3 Å². The summed E-state index contributed by atoms with van der Waals surface area (Å²) in [5.74, 6) is 0.898. The smallest absolute Gasteiger partial charge is 0.163 e. The van der Waals surface area contributed by atoms with Crippen LogP contribution >= 0.6 is 0 Å². The minimum Gasteiger partial charge on any atom is -0.488 e. The molecule has 4 rings (SSSR count). The van der Waals surface area contributed by atoms with E-state index in [9.17, 15) is 8.78 Å². The Balaban J connectivity index is 1.55. The molecule has 0 saturated carbocycles. The number of nitrogens with one attached hydrogen (secondary N) is 2. The van der Waals surface area contributed by atoms with Gasteiger partial charge in [-0.1, -0.05) is 0 Å². The summed E-state index contributed by atoms with van der Waals surface area (Å²) in [6.45, 7) is 1.80. The van der Waals surface area contributed by atoms with Crippen LogP contribution in [0.3, 0.4) is 0 Å². The van der Waals surface area contributed by atoms with Crippen LogP contribution in [0, 0.1) is 11.6 Å². The monoisotopic (exact) mass is 457 g/mol. The van der Waals surface area contributed by atoms with E-state index in [-0.39, 0.29) is 13.2 Å². The third-order valence-electron chi connectivity index (χ3n) is 4.80. The standard InChI is InChI=1S/C24H25F2N3O4/c25-16-1-4-19-22(13-16)32-11-12-33-23-14-17(26)2-5-20(23)29-8-10-31-24-15-18(27)3-6-21(24)30-9-7-28-19/h1-6,13-15,28-29H,7-12,27H2. The molecule has 0 amide bonds. The van der Waals surface area contributed by atoms with Crippen molar-refractivity contribution in [3.63, 3.8) is 0 Å². The van der Waals surface area contributed by atoms with Crippen molar-refractivity contribution in [3.05, 3.63) is 66.2 Å². The maximum absolute atomic E-state index is 13.8. The number of benzene rings is 3. The van der Waals surface area contributed by atoms with E-state index >= 15 is 0 Å². The van der Waals surface area contributed by atoms with E-state index in [4.69, 9.17) is 24.7 Å². The first-order chi connectivity index (χ1) is 16.1. The third-order valence-corrected chi connectivity index (χ3v) is 4.80. The molecule has 0 atom stereocenters. The van der Waals surface area contributed by atoms with Crippen LogP contribution in [0.5, 0.6) is 23.0 Å². The fourth-order valence-corrected chi connectivity index (χ4v) is 3.28. The molecule has 0 unspecified atom stereocenters. The van der Waals surface area contributed by atoms with Gasteiger partial charge in [-0.25, -0.2) is 8.78 Å². The lowest BCUT2D eigenvalue weighted by Gasteiger charge is -2.18. The predicted octanol–water partition coefficient (Wildman–Crippen LogP) is 4.30. The molecule has 3 aromatic rings. The average molecular weight is 457 g/mol. The summed E-state index contributed by atoms with van der Waals surface area (Å²) in [7, 11) is 0. The van der Waals surface area contributed by atoms with E-state index in [1.165, 1.54) is 24.3 Å². The van der Waals surface area contributed by atoms with Gasteiger partial charge < -0.3 is 35.3 Å². The Morgan fingerprint density at radius 2 is 1.09 bits per heavy atom. The number of fused-ring (bicyclic) bond motifs is 3. The summed E-state index contributed by atoms with van der Waals surface area (Å²) in [5.41, 5.74) is 7.67. The van der Waals surface area contributed by atoms with E-state index in [0.29, 0.717) is 66.4 Å². The first kappa shape index (κ1) is 22.3. The van der Waals surface area contributed by atoms with Crippen LogP contribution in [0.4, 0.5) is 25.8 Å². The van der Waals surface area contributed by atoms with Gasteiger partial charge in [0, 0.05) is 37.0 Å². The Hall–Kier alpha value is -3.88. The lowest BCUT2D eigenvalue weighted by Crippen LogP contribution is -2.17. The number of hydrogen-bond donors (Lipinski definition) is 3. The summed E-state index contributed by atoms with van der Waals surface area (Å²) in [6, 6.07) is 13.6.